The Kier molecular flexibility index (Phi) is 7.07. The summed E-state index contributed by atoms with van der Waals surface area (Å²) in [5.74, 6) is -0.234. The molecule has 0 aliphatic rings. The van der Waals surface area contributed by atoms with Crippen LogP contribution in [0.3, 0.4) is 0 Å². The zero-order valence-corrected chi connectivity index (χ0v) is 10.4. The molecule has 0 saturated heterocycles. The first-order valence-electron chi connectivity index (χ1n) is 6.05. The maximum Gasteiger partial charge on any atom is 0.338 e. The molecule has 0 amide bonds. The molecule has 17 heavy (non-hydrogen) atoms. The lowest BCUT2D eigenvalue weighted by molar-refractivity contribution is 0.0497. The predicted molar refractivity (Wildman–Crippen MR) is 67.1 cm³/mol. The molecular weight excluding hydrogens is 216 g/mol. The van der Waals surface area contributed by atoms with E-state index >= 15 is 0 Å². The van der Waals surface area contributed by atoms with Crippen LogP contribution in [0.4, 0.5) is 0 Å². The molecule has 0 spiro atoms. The van der Waals surface area contributed by atoms with Crippen LogP contribution in [0.5, 0.6) is 0 Å². The summed E-state index contributed by atoms with van der Waals surface area (Å²) in [6, 6.07) is 9.08. The lowest BCUT2D eigenvalue weighted by Crippen LogP contribution is -2.06. The van der Waals surface area contributed by atoms with Crippen molar-refractivity contribution in [3.05, 3.63) is 35.9 Å². The SMILES string of the molecule is COCCCCCCOC(=O)c1ccccc1. The number of carbonyl (C=O) groups excluding carboxylic acids is 1. The Hall–Kier alpha value is -1.35. The molecule has 1 aromatic carbocycles. The molecule has 0 heterocycles. The maximum absolute atomic E-state index is 11.5. The van der Waals surface area contributed by atoms with Crippen LogP contribution in [0.25, 0.3) is 0 Å². The maximum atomic E-state index is 11.5. The van der Waals surface area contributed by atoms with Crippen molar-refractivity contribution in [1.82, 2.24) is 0 Å². The number of esters is 1. The van der Waals surface area contributed by atoms with E-state index in [1.165, 1.54) is 0 Å². The Morgan fingerprint density at radius 1 is 1.00 bits per heavy atom. The van der Waals surface area contributed by atoms with Gasteiger partial charge >= 0.3 is 5.97 Å². The first-order valence-corrected chi connectivity index (χ1v) is 6.05. The summed E-state index contributed by atoms with van der Waals surface area (Å²) in [4.78, 5) is 11.5. The molecule has 3 nitrogen and oxygen atoms in total. The molecule has 1 rings (SSSR count). The van der Waals surface area contributed by atoms with E-state index in [0.29, 0.717) is 12.2 Å². The van der Waals surface area contributed by atoms with E-state index in [9.17, 15) is 4.79 Å². The Labute approximate surface area is 103 Å². The van der Waals surface area contributed by atoms with E-state index in [2.05, 4.69) is 0 Å². The highest BCUT2D eigenvalue weighted by Crippen LogP contribution is 2.04. The van der Waals surface area contributed by atoms with Gasteiger partial charge in [0.25, 0.3) is 0 Å². The van der Waals surface area contributed by atoms with Crippen molar-refractivity contribution in [2.45, 2.75) is 25.7 Å². The van der Waals surface area contributed by atoms with Gasteiger partial charge in [0.2, 0.25) is 0 Å². The number of hydrogen-bond donors (Lipinski definition) is 0. The normalized spacial score (nSPS) is 10.2. The first kappa shape index (κ1) is 13.7. The average molecular weight is 236 g/mol. The van der Waals surface area contributed by atoms with Gasteiger partial charge in [-0.05, 0) is 31.4 Å². The highest BCUT2D eigenvalue weighted by Gasteiger charge is 2.04. The summed E-state index contributed by atoms with van der Waals surface area (Å²) in [5.41, 5.74) is 0.617. The van der Waals surface area contributed by atoms with Gasteiger partial charge in [-0.15, -0.1) is 0 Å². The van der Waals surface area contributed by atoms with Gasteiger partial charge in [-0.2, -0.15) is 0 Å². The second-order valence-corrected chi connectivity index (χ2v) is 3.91. The zero-order chi connectivity index (χ0) is 12.3. The number of ether oxygens (including phenoxy) is 2. The molecule has 0 bridgehead atoms. The molecule has 94 valence electrons. The average Bonchev–Trinajstić information content (AvgIpc) is 2.38. The standard InChI is InChI=1S/C14H20O3/c1-16-11-7-2-3-8-12-17-14(15)13-9-5-4-6-10-13/h4-6,9-10H,2-3,7-8,11-12H2,1H3. The Bertz CT molecular complexity index is 309. The molecule has 0 saturated carbocycles. The van der Waals surface area contributed by atoms with Crippen LogP contribution in [-0.2, 0) is 9.47 Å². The molecule has 0 aromatic heterocycles. The zero-order valence-electron chi connectivity index (χ0n) is 10.4. The van der Waals surface area contributed by atoms with Crippen LogP contribution in [-0.4, -0.2) is 26.3 Å². The smallest absolute Gasteiger partial charge is 0.338 e. The van der Waals surface area contributed by atoms with Crippen LogP contribution in [0.2, 0.25) is 0 Å². The molecule has 0 aliphatic heterocycles. The second kappa shape index (κ2) is 8.76. The number of rotatable bonds is 8. The van der Waals surface area contributed by atoms with E-state index < -0.39 is 0 Å². The topological polar surface area (TPSA) is 35.5 Å². The van der Waals surface area contributed by atoms with E-state index in [1.807, 2.05) is 18.2 Å². The minimum Gasteiger partial charge on any atom is -0.462 e. The number of carbonyl (C=O) groups is 1. The van der Waals surface area contributed by atoms with Crippen LogP contribution >= 0.6 is 0 Å². The number of methoxy groups -OCH3 is 1. The van der Waals surface area contributed by atoms with E-state index in [4.69, 9.17) is 9.47 Å². The third-order valence-corrected chi connectivity index (χ3v) is 2.49. The summed E-state index contributed by atoms with van der Waals surface area (Å²) in [6.45, 7) is 1.31. The van der Waals surface area contributed by atoms with Gasteiger partial charge in [0.05, 0.1) is 12.2 Å². The summed E-state index contributed by atoms with van der Waals surface area (Å²) in [5, 5.41) is 0. The fourth-order valence-electron chi connectivity index (χ4n) is 1.52. The summed E-state index contributed by atoms with van der Waals surface area (Å²) in [7, 11) is 1.71. The van der Waals surface area contributed by atoms with E-state index in [-0.39, 0.29) is 5.97 Å². The van der Waals surface area contributed by atoms with Crippen LogP contribution in [0.15, 0.2) is 30.3 Å². The number of unbranched alkanes of at least 4 members (excludes halogenated alkanes) is 3. The van der Waals surface area contributed by atoms with Gasteiger partial charge in [0.15, 0.2) is 0 Å². The van der Waals surface area contributed by atoms with Gasteiger partial charge in [0.1, 0.15) is 0 Å². The largest absolute Gasteiger partial charge is 0.462 e. The van der Waals surface area contributed by atoms with Gasteiger partial charge in [-0.1, -0.05) is 24.6 Å². The van der Waals surface area contributed by atoms with E-state index in [1.54, 1.807) is 19.2 Å². The van der Waals surface area contributed by atoms with E-state index in [0.717, 1.165) is 32.3 Å². The molecule has 0 N–H and O–H groups in total. The van der Waals surface area contributed by atoms with Crippen molar-refractivity contribution in [1.29, 1.82) is 0 Å². The molecule has 0 aliphatic carbocycles. The Balaban J connectivity index is 2.05. The first-order chi connectivity index (χ1) is 8.34. The van der Waals surface area contributed by atoms with Gasteiger partial charge < -0.3 is 9.47 Å². The van der Waals surface area contributed by atoms with Crippen LogP contribution < -0.4 is 0 Å². The predicted octanol–water partition coefficient (Wildman–Crippen LogP) is 3.05. The van der Waals surface area contributed by atoms with Gasteiger partial charge in [-0.3, -0.25) is 0 Å². The number of benzene rings is 1. The van der Waals surface area contributed by atoms with Crippen molar-refractivity contribution >= 4 is 5.97 Å². The van der Waals surface area contributed by atoms with Crippen molar-refractivity contribution < 1.29 is 14.3 Å². The lowest BCUT2D eigenvalue weighted by atomic mass is 10.2. The van der Waals surface area contributed by atoms with Crippen molar-refractivity contribution in [2.75, 3.05) is 20.3 Å². The third-order valence-electron chi connectivity index (χ3n) is 2.49. The van der Waals surface area contributed by atoms with Gasteiger partial charge in [0, 0.05) is 13.7 Å². The fraction of sp³-hybridized carbons (Fsp3) is 0.500. The minimum atomic E-state index is -0.234. The van der Waals surface area contributed by atoms with Crippen molar-refractivity contribution in [2.24, 2.45) is 0 Å². The Morgan fingerprint density at radius 3 is 2.29 bits per heavy atom. The highest BCUT2D eigenvalue weighted by molar-refractivity contribution is 5.89. The molecule has 3 heteroatoms. The van der Waals surface area contributed by atoms with Crippen LogP contribution in [0.1, 0.15) is 36.0 Å². The monoisotopic (exact) mass is 236 g/mol. The summed E-state index contributed by atoms with van der Waals surface area (Å²) in [6.07, 6.45) is 4.19. The minimum absolute atomic E-state index is 0.234. The summed E-state index contributed by atoms with van der Waals surface area (Å²) < 4.78 is 10.1. The molecule has 0 fully saturated rings. The van der Waals surface area contributed by atoms with Crippen molar-refractivity contribution in [3.63, 3.8) is 0 Å². The van der Waals surface area contributed by atoms with Crippen LogP contribution in [0, 0.1) is 0 Å². The van der Waals surface area contributed by atoms with Crippen molar-refractivity contribution in [3.8, 4) is 0 Å². The Morgan fingerprint density at radius 2 is 1.65 bits per heavy atom. The molecule has 0 radical (unpaired) electrons. The molecule has 1 aromatic rings. The molecular formula is C14H20O3. The molecule has 0 unspecified atom stereocenters. The quantitative estimate of drug-likeness (QED) is 0.514. The summed E-state index contributed by atoms with van der Waals surface area (Å²) >= 11 is 0. The second-order valence-electron chi connectivity index (χ2n) is 3.91. The fourth-order valence-corrected chi connectivity index (χ4v) is 1.52. The number of hydrogen-bond acceptors (Lipinski definition) is 3. The molecule has 0 atom stereocenters. The third kappa shape index (κ3) is 6.07. The van der Waals surface area contributed by atoms with Gasteiger partial charge in [-0.25, -0.2) is 4.79 Å². The highest BCUT2D eigenvalue weighted by atomic mass is 16.5. The lowest BCUT2D eigenvalue weighted by Gasteiger charge is -2.04.